The lowest BCUT2D eigenvalue weighted by atomic mass is 10.1. The molecule has 3 N–H and O–H groups in total. The van der Waals surface area contributed by atoms with Gasteiger partial charge in [-0.05, 0) is 42.0 Å². The van der Waals surface area contributed by atoms with E-state index in [1.54, 1.807) is 31.4 Å². The zero-order chi connectivity index (χ0) is 13.7. The fourth-order valence-corrected chi connectivity index (χ4v) is 1.74. The van der Waals surface area contributed by atoms with Crippen LogP contribution in [0.4, 0.5) is 11.4 Å². The molecule has 0 saturated heterocycles. The fourth-order valence-electron chi connectivity index (χ4n) is 1.74. The van der Waals surface area contributed by atoms with Gasteiger partial charge in [0.1, 0.15) is 0 Å². The molecule has 0 spiro atoms. The number of rotatable bonds is 4. The highest BCUT2D eigenvalue weighted by Crippen LogP contribution is 2.13. The van der Waals surface area contributed by atoms with Gasteiger partial charge in [-0.2, -0.15) is 0 Å². The lowest BCUT2D eigenvalue weighted by molar-refractivity contribution is 0.102. The smallest absolute Gasteiger partial charge is 0.255 e. The lowest BCUT2D eigenvalue weighted by Gasteiger charge is -2.07. The highest BCUT2D eigenvalue weighted by Gasteiger charge is 2.05. The number of anilines is 2. The van der Waals surface area contributed by atoms with E-state index < -0.39 is 0 Å². The van der Waals surface area contributed by atoms with Gasteiger partial charge in [0.05, 0.1) is 6.61 Å². The number of hydrogen-bond acceptors (Lipinski definition) is 3. The number of nitrogens with one attached hydrogen (secondary N) is 1. The van der Waals surface area contributed by atoms with Crippen molar-refractivity contribution in [1.29, 1.82) is 0 Å². The quantitative estimate of drug-likeness (QED) is 0.826. The van der Waals surface area contributed by atoms with Gasteiger partial charge in [0, 0.05) is 24.0 Å². The van der Waals surface area contributed by atoms with Crippen molar-refractivity contribution in [2.24, 2.45) is 0 Å². The molecule has 2 aromatic carbocycles. The Bertz CT molecular complexity index is 565. The first-order chi connectivity index (χ1) is 9.19. The van der Waals surface area contributed by atoms with Gasteiger partial charge in [-0.1, -0.05) is 12.1 Å². The molecular weight excluding hydrogens is 240 g/mol. The molecule has 0 saturated carbocycles. The van der Waals surface area contributed by atoms with E-state index in [0.717, 1.165) is 11.3 Å². The molecule has 0 atom stereocenters. The van der Waals surface area contributed by atoms with Crippen molar-refractivity contribution in [3.8, 4) is 0 Å². The van der Waals surface area contributed by atoms with Crippen LogP contribution in [0.1, 0.15) is 15.9 Å². The Hall–Kier alpha value is -2.33. The Kier molecular flexibility index (Phi) is 4.15. The van der Waals surface area contributed by atoms with Gasteiger partial charge in [0.2, 0.25) is 0 Å². The average molecular weight is 256 g/mol. The van der Waals surface area contributed by atoms with Crippen LogP contribution in [0.5, 0.6) is 0 Å². The van der Waals surface area contributed by atoms with Gasteiger partial charge in [-0.3, -0.25) is 4.79 Å². The number of nitrogen functional groups attached to an aromatic ring is 1. The van der Waals surface area contributed by atoms with Crippen LogP contribution in [0.2, 0.25) is 0 Å². The van der Waals surface area contributed by atoms with Crippen LogP contribution in [0, 0.1) is 0 Å². The first-order valence-electron chi connectivity index (χ1n) is 5.94. The highest BCUT2D eigenvalue weighted by atomic mass is 16.5. The summed E-state index contributed by atoms with van der Waals surface area (Å²) in [6.45, 7) is 0.519. The Balaban J connectivity index is 2.10. The Morgan fingerprint density at radius 2 is 1.95 bits per heavy atom. The van der Waals surface area contributed by atoms with E-state index in [1.165, 1.54) is 0 Å². The lowest BCUT2D eigenvalue weighted by Crippen LogP contribution is -2.12. The maximum absolute atomic E-state index is 12.0. The molecule has 0 aromatic heterocycles. The number of amides is 1. The summed E-state index contributed by atoms with van der Waals surface area (Å²) in [4.78, 5) is 12.0. The molecule has 0 aliphatic rings. The first-order valence-corrected chi connectivity index (χ1v) is 5.94. The largest absolute Gasteiger partial charge is 0.399 e. The van der Waals surface area contributed by atoms with Crippen LogP contribution in [0.25, 0.3) is 0 Å². The summed E-state index contributed by atoms with van der Waals surface area (Å²) in [5.41, 5.74) is 8.56. The molecule has 0 heterocycles. The fraction of sp³-hybridized carbons (Fsp3) is 0.133. The number of carbonyl (C=O) groups excluding carboxylic acids is 1. The van der Waals surface area contributed by atoms with Gasteiger partial charge >= 0.3 is 0 Å². The van der Waals surface area contributed by atoms with Gasteiger partial charge < -0.3 is 15.8 Å². The van der Waals surface area contributed by atoms with Gasteiger partial charge in [-0.15, -0.1) is 0 Å². The van der Waals surface area contributed by atoms with Gasteiger partial charge in [-0.25, -0.2) is 0 Å². The maximum Gasteiger partial charge on any atom is 0.255 e. The summed E-state index contributed by atoms with van der Waals surface area (Å²) >= 11 is 0. The Morgan fingerprint density at radius 3 is 2.63 bits per heavy atom. The predicted octanol–water partition coefficient (Wildman–Crippen LogP) is 2.67. The number of carbonyl (C=O) groups is 1. The van der Waals surface area contributed by atoms with Crippen molar-refractivity contribution in [3.63, 3.8) is 0 Å². The van der Waals surface area contributed by atoms with E-state index in [2.05, 4.69) is 5.32 Å². The zero-order valence-corrected chi connectivity index (χ0v) is 10.7. The third kappa shape index (κ3) is 3.56. The molecular formula is C15H16N2O2. The molecule has 2 aromatic rings. The number of hydrogen-bond donors (Lipinski definition) is 2. The number of benzene rings is 2. The molecule has 0 aliphatic heterocycles. The maximum atomic E-state index is 12.0. The van der Waals surface area contributed by atoms with E-state index in [-0.39, 0.29) is 5.91 Å². The summed E-state index contributed by atoms with van der Waals surface area (Å²) < 4.78 is 5.06. The number of methoxy groups -OCH3 is 1. The summed E-state index contributed by atoms with van der Waals surface area (Å²) in [5.74, 6) is -0.158. The molecule has 19 heavy (non-hydrogen) atoms. The summed E-state index contributed by atoms with van der Waals surface area (Å²) in [5, 5.41) is 2.84. The van der Waals surface area contributed by atoms with Crippen LogP contribution in [0.15, 0.2) is 48.5 Å². The Morgan fingerprint density at radius 1 is 1.21 bits per heavy atom. The summed E-state index contributed by atoms with van der Waals surface area (Å²) in [7, 11) is 1.64. The molecule has 98 valence electrons. The summed E-state index contributed by atoms with van der Waals surface area (Å²) in [6, 6.07) is 14.4. The van der Waals surface area contributed by atoms with E-state index in [1.807, 2.05) is 24.3 Å². The SMILES string of the molecule is COCc1cccc(NC(=O)c2ccc(N)cc2)c1. The minimum Gasteiger partial charge on any atom is -0.399 e. The van der Waals surface area contributed by atoms with Gasteiger partial charge in [0.25, 0.3) is 5.91 Å². The van der Waals surface area contributed by atoms with Crippen molar-refractivity contribution in [3.05, 3.63) is 59.7 Å². The molecule has 0 aliphatic carbocycles. The van der Waals surface area contributed by atoms with E-state index in [9.17, 15) is 4.79 Å². The monoisotopic (exact) mass is 256 g/mol. The second kappa shape index (κ2) is 6.02. The number of nitrogens with two attached hydrogens (primary N) is 1. The number of ether oxygens (including phenoxy) is 1. The van der Waals surface area contributed by atoms with Crippen molar-refractivity contribution in [2.75, 3.05) is 18.2 Å². The molecule has 2 rings (SSSR count). The van der Waals surface area contributed by atoms with Crippen LogP contribution in [0.3, 0.4) is 0 Å². The molecule has 4 heteroatoms. The van der Waals surface area contributed by atoms with Crippen LogP contribution in [-0.4, -0.2) is 13.0 Å². The molecule has 4 nitrogen and oxygen atoms in total. The predicted molar refractivity (Wildman–Crippen MR) is 76.0 cm³/mol. The van der Waals surface area contributed by atoms with Crippen LogP contribution < -0.4 is 11.1 Å². The second-order valence-corrected chi connectivity index (χ2v) is 4.21. The van der Waals surface area contributed by atoms with E-state index in [0.29, 0.717) is 17.9 Å². The van der Waals surface area contributed by atoms with E-state index in [4.69, 9.17) is 10.5 Å². The zero-order valence-electron chi connectivity index (χ0n) is 10.7. The Labute approximate surface area is 112 Å². The third-order valence-corrected chi connectivity index (χ3v) is 2.67. The average Bonchev–Trinajstić information content (AvgIpc) is 2.40. The first kappa shape index (κ1) is 13.1. The van der Waals surface area contributed by atoms with Crippen LogP contribution >= 0.6 is 0 Å². The minimum atomic E-state index is -0.158. The molecule has 0 unspecified atom stereocenters. The van der Waals surface area contributed by atoms with E-state index >= 15 is 0 Å². The summed E-state index contributed by atoms with van der Waals surface area (Å²) in [6.07, 6.45) is 0. The minimum absolute atomic E-state index is 0.158. The normalized spacial score (nSPS) is 10.2. The third-order valence-electron chi connectivity index (χ3n) is 2.67. The molecule has 1 amide bonds. The topological polar surface area (TPSA) is 64.3 Å². The molecule has 0 bridgehead atoms. The standard InChI is InChI=1S/C15H16N2O2/c1-19-10-11-3-2-4-14(9-11)17-15(18)12-5-7-13(16)8-6-12/h2-9H,10,16H2,1H3,(H,17,18). The van der Waals surface area contributed by atoms with Crippen molar-refractivity contribution in [1.82, 2.24) is 0 Å². The van der Waals surface area contributed by atoms with Crippen molar-refractivity contribution >= 4 is 17.3 Å². The van der Waals surface area contributed by atoms with Crippen molar-refractivity contribution < 1.29 is 9.53 Å². The van der Waals surface area contributed by atoms with Crippen LogP contribution in [-0.2, 0) is 11.3 Å². The van der Waals surface area contributed by atoms with Gasteiger partial charge in [0.15, 0.2) is 0 Å². The molecule has 0 fully saturated rings. The molecule has 0 radical (unpaired) electrons. The van der Waals surface area contributed by atoms with Crippen molar-refractivity contribution in [2.45, 2.75) is 6.61 Å². The second-order valence-electron chi connectivity index (χ2n) is 4.21. The highest BCUT2D eigenvalue weighted by molar-refractivity contribution is 6.04.